The summed E-state index contributed by atoms with van der Waals surface area (Å²) in [5.41, 5.74) is 5.46. The van der Waals surface area contributed by atoms with Crippen LogP contribution in [0.2, 0.25) is 0 Å². The second-order valence-electron chi connectivity index (χ2n) is 5.54. The Hall–Kier alpha value is -2.07. The molecule has 2 aromatic rings. The predicted molar refractivity (Wildman–Crippen MR) is 90.0 cm³/mol. The fourth-order valence-corrected chi connectivity index (χ4v) is 2.50. The van der Waals surface area contributed by atoms with Crippen LogP contribution in [0.4, 0.5) is 0 Å². The van der Waals surface area contributed by atoms with Gasteiger partial charge in [-0.25, -0.2) is 0 Å². The average molecular weight is 300 g/mol. The first-order valence-corrected chi connectivity index (χ1v) is 7.75. The Labute approximate surface area is 131 Å². The largest absolute Gasteiger partial charge is 0.484 e. The molecule has 2 rings (SSSR count). The number of rotatable bonds is 7. The number of carbonyl (C=O) groups excluding carboxylic acids is 1. The van der Waals surface area contributed by atoms with Gasteiger partial charge in [0.2, 0.25) is 0 Å². The van der Waals surface area contributed by atoms with Crippen LogP contribution in [0.1, 0.15) is 26.7 Å². The SMILES string of the molecule is CCC(CC)(CN)NC(=O)COc1ccc2ccccc2c1. The first-order valence-electron chi connectivity index (χ1n) is 7.75. The number of nitrogens with one attached hydrogen (secondary N) is 1. The van der Waals surface area contributed by atoms with Gasteiger partial charge in [0, 0.05) is 6.54 Å². The summed E-state index contributed by atoms with van der Waals surface area (Å²) in [5, 5.41) is 5.25. The van der Waals surface area contributed by atoms with Gasteiger partial charge in [0.1, 0.15) is 5.75 Å². The third-order valence-corrected chi connectivity index (χ3v) is 4.24. The molecule has 22 heavy (non-hydrogen) atoms. The minimum atomic E-state index is -0.330. The quantitative estimate of drug-likeness (QED) is 0.826. The van der Waals surface area contributed by atoms with Crippen molar-refractivity contribution in [3.8, 4) is 5.75 Å². The zero-order valence-electron chi connectivity index (χ0n) is 13.3. The van der Waals surface area contributed by atoms with E-state index >= 15 is 0 Å². The summed E-state index contributed by atoms with van der Waals surface area (Å²) in [7, 11) is 0. The lowest BCUT2D eigenvalue weighted by molar-refractivity contribution is -0.125. The molecule has 118 valence electrons. The van der Waals surface area contributed by atoms with Crippen LogP contribution < -0.4 is 15.8 Å². The lowest BCUT2D eigenvalue weighted by Gasteiger charge is -2.31. The smallest absolute Gasteiger partial charge is 0.258 e. The Bertz CT molecular complexity index is 628. The standard InChI is InChI=1S/C18H24N2O2/c1-3-18(4-2,13-19)20-17(21)12-22-16-10-9-14-7-5-6-8-15(14)11-16/h5-11H,3-4,12-13,19H2,1-2H3,(H,20,21). The zero-order chi connectivity index (χ0) is 16.0. The van der Waals surface area contributed by atoms with Crippen LogP contribution in [-0.4, -0.2) is 24.6 Å². The molecule has 0 aromatic heterocycles. The highest BCUT2D eigenvalue weighted by Crippen LogP contribution is 2.20. The number of fused-ring (bicyclic) bond motifs is 1. The van der Waals surface area contributed by atoms with Crippen molar-refractivity contribution in [3.63, 3.8) is 0 Å². The van der Waals surface area contributed by atoms with E-state index in [0.29, 0.717) is 12.3 Å². The van der Waals surface area contributed by atoms with Gasteiger partial charge in [0.25, 0.3) is 5.91 Å². The summed E-state index contributed by atoms with van der Waals surface area (Å²) >= 11 is 0. The number of amides is 1. The monoisotopic (exact) mass is 300 g/mol. The van der Waals surface area contributed by atoms with E-state index in [1.807, 2.05) is 56.3 Å². The maximum Gasteiger partial charge on any atom is 0.258 e. The maximum absolute atomic E-state index is 12.1. The molecule has 1 amide bonds. The molecule has 0 aliphatic carbocycles. The minimum absolute atomic E-state index is 0.0000895. The van der Waals surface area contributed by atoms with Gasteiger partial charge >= 0.3 is 0 Å². The van der Waals surface area contributed by atoms with Crippen molar-refractivity contribution in [1.29, 1.82) is 0 Å². The van der Waals surface area contributed by atoms with Crippen LogP contribution in [0, 0.1) is 0 Å². The molecule has 0 unspecified atom stereocenters. The Morgan fingerprint density at radius 3 is 2.45 bits per heavy atom. The summed E-state index contributed by atoms with van der Waals surface area (Å²) in [6.45, 7) is 4.49. The molecule has 0 saturated heterocycles. The minimum Gasteiger partial charge on any atom is -0.484 e. The van der Waals surface area contributed by atoms with E-state index in [2.05, 4.69) is 5.32 Å². The molecule has 0 heterocycles. The number of benzene rings is 2. The molecule has 0 aliphatic heterocycles. The molecule has 0 saturated carbocycles. The van der Waals surface area contributed by atoms with Crippen molar-refractivity contribution in [3.05, 3.63) is 42.5 Å². The molecule has 0 atom stereocenters. The van der Waals surface area contributed by atoms with Crippen LogP contribution in [0.15, 0.2) is 42.5 Å². The third kappa shape index (κ3) is 3.77. The van der Waals surface area contributed by atoms with Gasteiger partial charge in [-0.05, 0) is 35.7 Å². The van der Waals surface area contributed by atoms with Crippen molar-refractivity contribution in [1.82, 2.24) is 5.32 Å². The zero-order valence-corrected chi connectivity index (χ0v) is 13.3. The van der Waals surface area contributed by atoms with Gasteiger partial charge in [-0.2, -0.15) is 0 Å². The van der Waals surface area contributed by atoms with Gasteiger partial charge in [-0.15, -0.1) is 0 Å². The van der Waals surface area contributed by atoms with E-state index in [9.17, 15) is 4.79 Å². The molecule has 0 spiro atoms. The van der Waals surface area contributed by atoms with Crippen LogP contribution in [-0.2, 0) is 4.79 Å². The number of hydrogen-bond donors (Lipinski definition) is 2. The van der Waals surface area contributed by atoms with Crippen molar-refractivity contribution in [2.45, 2.75) is 32.2 Å². The third-order valence-electron chi connectivity index (χ3n) is 4.24. The van der Waals surface area contributed by atoms with Gasteiger partial charge < -0.3 is 15.8 Å². The molecule has 2 aromatic carbocycles. The molecule has 0 fully saturated rings. The molecular formula is C18H24N2O2. The molecule has 0 bridgehead atoms. The second-order valence-corrected chi connectivity index (χ2v) is 5.54. The van der Waals surface area contributed by atoms with Crippen molar-refractivity contribution >= 4 is 16.7 Å². The molecule has 0 aliphatic rings. The van der Waals surface area contributed by atoms with E-state index in [-0.39, 0.29) is 18.1 Å². The van der Waals surface area contributed by atoms with E-state index < -0.39 is 0 Å². The lowest BCUT2D eigenvalue weighted by atomic mass is 9.93. The van der Waals surface area contributed by atoms with Crippen molar-refractivity contribution < 1.29 is 9.53 Å². The highest BCUT2D eigenvalue weighted by Gasteiger charge is 2.26. The number of carbonyl (C=O) groups is 1. The van der Waals surface area contributed by atoms with E-state index in [1.54, 1.807) is 0 Å². The van der Waals surface area contributed by atoms with Gasteiger partial charge in [0.05, 0.1) is 5.54 Å². The van der Waals surface area contributed by atoms with Crippen molar-refractivity contribution in [2.75, 3.05) is 13.2 Å². The topological polar surface area (TPSA) is 64.3 Å². The Morgan fingerprint density at radius 2 is 1.82 bits per heavy atom. The fraction of sp³-hybridized carbons (Fsp3) is 0.389. The molecule has 4 nitrogen and oxygen atoms in total. The highest BCUT2D eigenvalue weighted by atomic mass is 16.5. The first kappa shape index (κ1) is 16.3. The van der Waals surface area contributed by atoms with Crippen molar-refractivity contribution in [2.24, 2.45) is 5.73 Å². The summed E-state index contributed by atoms with van der Waals surface area (Å²) in [4.78, 5) is 12.1. The fourth-order valence-electron chi connectivity index (χ4n) is 2.50. The van der Waals surface area contributed by atoms with Crippen LogP contribution in [0.5, 0.6) is 5.75 Å². The average Bonchev–Trinajstić information content (AvgIpc) is 2.58. The van der Waals surface area contributed by atoms with Gasteiger partial charge in [0.15, 0.2) is 6.61 Å². The summed E-state index contributed by atoms with van der Waals surface area (Å²) < 4.78 is 5.60. The Morgan fingerprint density at radius 1 is 1.14 bits per heavy atom. The first-order chi connectivity index (χ1) is 10.6. The number of nitrogens with two attached hydrogens (primary N) is 1. The lowest BCUT2D eigenvalue weighted by Crippen LogP contribution is -2.54. The Balaban J connectivity index is 1.97. The van der Waals surface area contributed by atoms with Crippen LogP contribution >= 0.6 is 0 Å². The summed E-state index contributed by atoms with van der Waals surface area (Å²) in [5.74, 6) is 0.558. The number of ether oxygens (including phenoxy) is 1. The number of hydrogen-bond acceptors (Lipinski definition) is 3. The molecular weight excluding hydrogens is 276 g/mol. The van der Waals surface area contributed by atoms with Gasteiger partial charge in [-0.1, -0.05) is 44.2 Å². The highest BCUT2D eigenvalue weighted by molar-refractivity contribution is 5.84. The van der Waals surface area contributed by atoms with Gasteiger partial charge in [-0.3, -0.25) is 4.79 Å². The Kier molecular flexibility index (Phi) is 5.39. The second kappa shape index (κ2) is 7.27. The molecule has 4 heteroatoms. The predicted octanol–water partition coefficient (Wildman–Crippen LogP) is 2.85. The summed E-state index contributed by atoms with van der Waals surface area (Å²) in [6.07, 6.45) is 1.61. The van der Waals surface area contributed by atoms with E-state index in [4.69, 9.17) is 10.5 Å². The molecule has 0 radical (unpaired) electrons. The summed E-state index contributed by atoms with van der Waals surface area (Å²) in [6, 6.07) is 13.9. The van der Waals surface area contributed by atoms with Crippen LogP contribution in [0.3, 0.4) is 0 Å². The van der Waals surface area contributed by atoms with E-state index in [1.165, 1.54) is 0 Å². The normalized spacial score (nSPS) is 11.4. The van der Waals surface area contributed by atoms with E-state index in [0.717, 1.165) is 23.6 Å². The molecule has 3 N–H and O–H groups in total. The van der Waals surface area contributed by atoms with Crippen LogP contribution in [0.25, 0.3) is 10.8 Å². The maximum atomic E-state index is 12.1.